The minimum absolute atomic E-state index is 0.930. The highest BCUT2D eigenvalue weighted by molar-refractivity contribution is 9.10. The molecule has 20 heavy (non-hydrogen) atoms. The van der Waals surface area contributed by atoms with Crippen LogP contribution in [0.3, 0.4) is 0 Å². The van der Waals surface area contributed by atoms with E-state index in [1.54, 1.807) is 0 Å². The van der Waals surface area contributed by atoms with E-state index in [0.29, 0.717) is 0 Å². The molecule has 1 aromatic carbocycles. The van der Waals surface area contributed by atoms with Crippen molar-refractivity contribution in [2.75, 3.05) is 0 Å². The van der Waals surface area contributed by atoms with Crippen molar-refractivity contribution < 1.29 is 0 Å². The average Bonchev–Trinajstić information content (AvgIpc) is 2.75. The molecule has 0 saturated carbocycles. The second-order valence-corrected chi connectivity index (χ2v) is 6.64. The van der Waals surface area contributed by atoms with Gasteiger partial charge in [-0.2, -0.15) is 16.9 Å². The molecule has 0 aliphatic heterocycles. The number of benzene rings is 1. The Hall–Kier alpha value is -0.740. The third-order valence-corrected chi connectivity index (χ3v) is 5.21. The zero-order valence-corrected chi connectivity index (χ0v) is 14.7. The average molecular weight is 353 g/mol. The number of aromatic nitrogens is 2. The lowest BCUT2D eigenvalue weighted by molar-refractivity contribution is 0.627. The first-order valence-electron chi connectivity index (χ1n) is 7.03. The highest BCUT2D eigenvalue weighted by atomic mass is 79.9. The summed E-state index contributed by atoms with van der Waals surface area (Å²) in [6.07, 6.45) is 0.975. The summed E-state index contributed by atoms with van der Waals surface area (Å²) in [5.41, 5.74) is 5.19. The molecule has 0 saturated heterocycles. The van der Waals surface area contributed by atoms with Gasteiger partial charge in [-0.1, -0.05) is 36.8 Å². The fraction of sp³-hybridized carbons (Fsp3) is 0.438. The van der Waals surface area contributed by atoms with Gasteiger partial charge in [0.1, 0.15) is 0 Å². The number of thioether (sulfide) groups is 1. The molecule has 2 rings (SSSR count). The second-order valence-electron chi connectivity index (χ2n) is 4.86. The molecular weight excluding hydrogens is 332 g/mol. The fourth-order valence-electron chi connectivity index (χ4n) is 2.22. The van der Waals surface area contributed by atoms with E-state index >= 15 is 0 Å². The Bertz CT molecular complexity index is 578. The Morgan fingerprint density at radius 1 is 1.25 bits per heavy atom. The molecule has 0 aliphatic carbocycles. The van der Waals surface area contributed by atoms with Gasteiger partial charge in [0.2, 0.25) is 0 Å². The Balaban J connectivity index is 2.02. The number of halogens is 1. The largest absolute Gasteiger partial charge is 0.268 e. The number of nitrogens with zero attached hydrogens (tertiary/aromatic N) is 2. The minimum Gasteiger partial charge on any atom is -0.268 e. The maximum Gasteiger partial charge on any atom is 0.0767 e. The molecule has 0 radical (unpaired) electrons. The predicted octanol–water partition coefficient (Wildman–Crippen LogP) is 4.97. The van der Waals surface area contributed by atoms with Crippen LogP contribution in [0.5, 0.6) is 0 Å². The molecule has 4 heteroatoms. The molecule has 0 N–H and O–H groups in total. The van der Waals surface area contributed by atoms with Crippen molar-refractivity contribution in [3.8, 4) is 0 Å². The molecule has 108 valence electrons. The first-order valence-corrected chi connectivity index (χ1v) is 8.97. The second kappa shape index (κ2) is 7.32. The SMILES string of the molecule is CCc1nn(CC)c(CSCc2cccc(C)c2)c1Br. The van der Waals surface area contributed by atoms with Crippen LogP contribution in [0.1, 0.15) is 36.4 Å². The van der Waals surface area contributed by atoms with Crippen LogP contribution in [-0.4, -0.2) is 9.78 Å². The van der Waals surface area contributed by atoms with E-state index in [2.05, 4.69) is 70.7 Å². The minimum atomic E-state index is 0.930. The Morgan fingerprint density at radius 2 is 2.05 bits per heavy atom. The third-order valence-electron chi connectivity index (χ3n) is 3.28. The molecule has 1 aromatic heterocycles. The van der Waals surface area contributed by atoms with Crippen molar-refractivity contribution in [3.63, 3.8) is 0 Å². The quantitative estimate of drug-likeness (QED) is 0.730. The summed E-state index contributed by atoms with van der Waals surface area (Å²) in [5, 5.41) is 4.64. The predicted molar refractivity (Wildman–Crippen MR) is 91.2 cm³/mol. The summed E-state index contributed by atoms with van der Waals surface area (Å²) in [6, 6.07) is 8.73. The zero-order valence-electron chi connectivity index (χ0n) is 12.3. The number of hydrogen-bond donors (Lipinski definition) is 0. The molecule has 1 heterocycles. The summed E-state index contributed by atoms with van der Waals surface area (Å²) < 4.78 is 3.31. The lowest BCUT2D eigenvalue weighted by Crippen LogP contribution is -2.02. The van der Waals surface area contributed by atoms with Crippen molar-refractivity contribution in [1.82, 2.24) is 9.78 Å². The van der Waals surface area contributed by atoms with Crippen molar-refractivity contribution in [3.05, 3.63) is 51.3 Å². The van der Waals surface area contributed by atoms with Crippen molar-refractivity contribution in [2.24, 2.45) is 0 Å². The maximum absolute atomic E-state index is 4.64. The van der Waals surface area contributed by atoms with E-state index in [0.717, 1.165) is 30.2 Å². The highest BCUT2D eigenvalue weighted by Gasteiger charge is 2.13. The Kier molecular flexibility index (Phi) is 5.73. The number of aryl methyl sites for hydroxylation is 3. The smallest absolute Gasteiger partial charge is 0.0767 e. The summed E-state index contributed by atoms with van der Waals surface area (Å²) in [7, 11) is 0. The Morgan fingerprint density at radius 3 is 2.70 bits per heavy atom. The molecule has 0 aliphatic rings. The molecule has 0 spiro atoms. The van der Waals surface area contributed by atoms with Crippen LogP contribution in [0.25, 0.3) is 0 Å². The van der Waals surface area contributed by atoms with E-state index < -0.39 is 0 Å². The van der Waals surface area contributed by atoms with Crippen LogP contribution in [0.15, 0.2) is 28.7 Å². The highest BCUT2D eigenvalue weighted by Crippen LogP contribution is 2.27. The third kappa shape index (κ3) is 3.67. The zero-order chi connectivity index (χ0) is 14.5. The molecule has 0 bridgehead atoms. The fourth-order valence-corrected chi connectivity index (χ4v) is 4.12. The van der Waals surface area contributed by atoms with E-state index in [9.17, 15) is 0 Å². The van der Waals surface area contributed by atoms with Crippen LogP contribution in [0.4, 0.5) is 0 Å². The van der Waals surface area contributed by atoms with Gasteiger partial charge in [-0.05, 0) is 41.8 Å². The first kappa shape index (κ1) is 15.6. The first-order chi connectivity index (χ1) is 9.65. The number of hydrogen-bond acceptors (Lipinski definition) is 2. The van der Waals surface area contributed by atoms with Crippen molar-refractivity contribution >= 4 is 27.7 Å². The van der Waals surface area contributed by atoms with Gasteiger partial charge in [-0.15, -0.1) is 0 Å². The summed E-state index contributed by atoms with van der Waals surface area (Å²) >= 11 is 5.65. The molecule has 2 nitrogen and oxygen atoms in total. The summed E-state index contributed by atoms with van der Waals surface area (Å²) in [6.45, 7) is 7.37. The van der Waals surface area contributed by atoms with Gasteiger partial charge in [-0.25, -0.2) is 0 Å². The molecule has 0 fully saturated rings. The van der Waals surface area contributed by atoms with E-state index in [-0.39, 0.29) is 0 Å². The van der Waals surface area contributed by atoms with Crippen LogP contribution in [0.2, 0.25) is 0 Å². The summed E-state index contributed by atoms with van der Waals surface area (Å²) in [4.78, 5) is 0. The standard InChI is InChI=1S/C16H21BrN2S/c1-4-14-16(17)15(19(5-2)18-14)11-20-10-13-8-6-7-12(3)9-13/h6-9H,4-5,10-11H2,1-3H3. The van der Waals surface area contributed by atoms with E-state index in [1.165, 1.54) is 21.3 Å². The van der Waals surface area contributed by atoms with Gasteiger partial charge in [0.15, 0.2) is 0 Å². The van der Waals surface area contributed by atoms with Crippen molar-refractivity contribution in [2.45, 2.75) is 45.2 Å². The van der Waals surface area contributed by atoms with E-state index in [1.807, 2.05) is 11.8 Å². The van der Waals surface area contributed by atoms with Crippen LogP contribution in [0, 0.1) is 6.92 Å². The normalized spacial score (nSPS) is 11.0. The van der Waals surface area contributed by atoms with Gasteiger partial charge in [0, 0.05) is 18.1 Å². The molecule has 0 atom stereocenters. The van der Waals surface area contributed by atoms with Crippen LogP contribution >= 0.6 is 27.7 Å². The molecule has 0 amide bonds. The number of rotatable bonds is 6. The molecular formula is C16H21BrN2S. The lowest BCUT2D eigenvalue weighted by atomic mass is 10.2. The maximum atomic E-state index is 4.64. The lowest BCUT2D eigenvalue weighted by Gasteiger charge is -2.06. The van der Waals surface area contributed by atoms with Crippen LogP contribution in [-0.2, 0) is 24.5 Å². The van der Waals surface area contributed by atoms with Crippen molar-refractivity contribution in [1.29, 1.82) is 0 Å². The monoisotopic (exact) mass is 352 g/mol. The van der Waals surface area contributed by atoms with Gasteiger partial charge in [0.05, 0.1) is 15.9 Å². The van der Waals surface area contributed by atoms with Gasteiger partial charge in [-0.3, -0.25) is 4.68 Å². The van der Waals surface area contributed by atoms with Crippen LogP contribution < -0.4 is 0 Å². The van der Waals surface area contributed by atoms with Gasteiger partial charge in [0.25, 0.3) is 0 Å². The van der Waals surface area contributed by atoms with E-state index in [4.69, 9.17) is 0 Å². The van der Waals surface area contributed by atoms with Gasteiger partial charge >= 0.3 is 0 Å². The summed E-state index contributed by atoms with van der Waals surface area (Å²) in [5.74, 6) is 2.04. The topological polar surface area (TPSA) is 17.8 Å². The Labute approximate surface area is 134 Å². The molecule has 2 aromatic rings. The van der Waals surface area contributed by atoms with Gasteiger partial charge < -0.3 is 0 Å². The molecule has 0 unspecified atom stereocenters.